The maximum atomic E-state index is 2.72. The zero-order valence-electron chi connectivity index (χ0n) is 45.0. The zero-order valence-corrected chi connectivity index (χ0v) is 45.9. The highest BCUT2D eigenvalue weighted by molar-refractivity contribution is 7.25. The van der Waals surface area contributed by atoms with E-state index in [9.17, 15) is 0 Å². The van der Waals surface area contributed by atoms with Crippen molar-refractivity contribution in [3.63, 3.8) is 0 Å². The molecule has 0 atom stereocenters. The summed E-state index contributed by atoms with van der Waals surface area (Å²) >= 11 is 1.91. The van der Waals surface area contributed by atoms with Crippen LogP contribution in [0.2, 0.25) is 0 Å². The van der Waals surface area contributed by atoms with Gasteiger partial charge in [0.2, 0.25) is 0 Å². The molecule has 0 bridgehead atoms. The lowest BCUT2D eigenvalue weighted by Crippen LogP contribution is -2.61. The molecule has 0 spiro atoms. The van der Waals surface area contributed by atoms with E-state index in [2.05, 4.69) is 285 Å². The average Bonchev–Trinajstić information content (AvgIpc) is 4.18. The van der Waals surface area contributed by atoms with Crippen LogP contribution >= 0.6 is 11.3 Å². The van der Waals surface area contributed by atoms with Crippen molar-refractivity contribution < 1.29 is 0 Å². The summed E-state index contributed by atoms with van der Waals surface area (Å²) in [7, 11) is 0. The molecule has 79 heavy (non-hydrogen) atoms. The van der Waals surface area contributed by atoms with Gasteiger partial charge in [-0.05, 0) is 129 Å². The SMILES string of the molecule is CCCCc1cc2c(cc1N1c3cc(-n4c5ccccc5c5ccccc54)ccc3B3c4cc(-c5ccccc5)ccc4N(c4c(-c5ccccc5)cccc4-c4ccccc4)c4cc(C(C)(C)C)cc1c43)sc1ccccc12. The second-order valence-corrected chi connectivity index (χ2v) is 23.7. The van der Waals surface area contributed by atoms with Gasteiger partial charge in [-0.1, -0.05) is 216 Å². The lowest BCUT2D eigenvalue weighted by molar-refractivity contribution is 0.590. The van der Waals surface area contributed by atoms with Crippen molar-refractivity contribution in [3.8, 4) is 39.1 Å². The van der Waals surface area contributed by atoms with Gasteiger partial charge < -0.3 is 14.4 Å². The number of benzene rings is 11. The quantitative estimate of drug-likeness (QED) is 0.134. The summed E-state index contributed by atoms with van der Waals surface area (Å²) in [6.45, 7) is 9.38. The molecule has 0 saturated heterocycles. The normalized spacial score (nSPS) is 12.9. The molecule has 0 radical (unpaired) electrons. The first-order valence-corrected chi connectivity index (χ1v) is 28.9. The van der Waals surface area contributed by atoms with Gasteiger partial charge in [-0.2, -0.15) is 0 Å². The summed E-state index contributed by atoms with van der Waals surface area (Å²) in [4.78, 5) is 5.39. The summed E-state index contributed by atoms with van der Waals surface area (Å²) < 4.78 is 5.13. The maximum Gasteiger partial charge on any atom is 0.252 e. The van der Waals surface area contributed by atoms with Gasteiger partial charge in [0, 0.05) is 70.5 Å². The highest BCUT2D eigenvalue weighted by Gasteiger charge is 2.45. The first-order chi connectivity index (χ1) is 38.8. The minimum Gasteiger partial charge on any atom is -0.311 e. The van der Waals surface area contributed by atoms with Crippen LogP contribution < -0.4 is 26.2 Å². The third-order valence-corrected chi connectivity index (χ3v) is 18.0. The lowest BCUT2D eigenvalue weighted by Gasteiger charge is -2.46. The van der Waals surface area contributed by atoms with Crippen LogP contribution in [0.5, 0.6) is 0 Å². The van der Waals surface area contributed by atoms with E-state index in [0.717, 1.165) is 24.9 Å². The Morgan fingerprint density at radius 1 is 0.418 bits per heavy atom. The van der Waals surface area contributed by atoms with E-state index < -0.39 is 0 Å². The molecule has 3 nitrogen and oxygen atoms in total. The van der Waals surface area contributed by atoms with E-state index >= 15 is 0 Å². The van der Waals surface area contributed by atoms with Crippen molar-refractivity contribution in [1.29, 1.82) is 0 Å². The predicted molar refractivity (Wildman–Crippen MR) is 341 cm³/mol. The lowest BCUT2D eigenvalue weighted by atomic mass is 9.33. The van der Waals surface area contributed by atoms with Crippen LogP contribution in [-0.4, -0.2) is 11.3 Å². The van der Waals surface area contributed by atoms with Crippen molar-refractivity contribution in [3.05, 3.63) is 254 Å². The topological polar surface area (TPSA) is 11.4 Å². The van der Waals surface area contributed by atoms with Gasteiger partial charge >= 0.3 is 0 Å². The number of rotatable bonds is 9. The molecule has 0 N–H and O–H groups in total. The van der Waals surface area contributed by atoms with Gasteiger partial charge in [0.25, 0.3) is 6.71 Å². The van der Waals surface area contributed by atoms with Gasteiger partial charge in [-0.15, -0.1) is 11.3 Å². The molecule has 378 valence electrons. The number of fused-ring (bicyclic) bond motifs is 10. The molecule has 0 unspecified atom stereocenters. The van der Waals surface area contributed by atoms with Crippen LogP contribution in [0.3, 0.4) is 0 Å². The number of unbranched alkanes of at least 4 members (excludes halogenated alkanes) is 1. The molecular formula is C74H58BN3S. The monoisotopic (exact) mass is 1030 g/mol. The third kappa shape index (κ3) is 7.62. The van der Waals surface area contributed by atoms with Crippen LogP contribution in [0.25, 0.3) is 81.0 Å². The van der Waals surface area contributed by atoms with E-state index in [0.29, 0.717) is 0 Å². The molecule has 4 heterocycles. The smallest absolute Gasteiger partial charge is 0.252 e. The number of aryl methyl sites for hydroxylation is 1. The second kappa shape index (κ2) is 18.6. The van der Waals surface area contributed by atoms with Crippen molar-refractivity contribution in [1.82, 2.24) is 4.57 Å². The molecule has 11 aromatic carbocycles. The molecule has 2 aliphatic heterocycles. The Balaban J connectivity index is 1.10. The van der Waals surface area contributed by atoms with E-state index in [4.69, 9.17) is 0 Å². The van der Waals surface area contributed by atoms with Gasteiger partial charge in [0.05, 0.1) is 22.4 Å². The Kier molecular flexibility index (Phi) is 11.2. The molecule has 13 aromatic rings. The van der Waals surface area contributed by atoms with Gasteiger partial charge in [0.15, 0.2) is 0 Å². The molecular weight excluding hydrogens is 974 g/mol. The third-order valence-electron chi connectivity index (χ3n) is 16.9. The highest BCUT2D eigenvalue weighted by Crippen LogP contribution is 2.53. The van der Waals surface area contributed by atoms with Crippen LogP contribution in [0.4, 0.5) is 34.1 Å². The van der Waals surface area contributed by atoms with Crippen molar-refractivity contribution in [2.24, 2.45) is 0 Å². The Labute approximate surface area is 467 Å². The molecule has 0 amide bonds. The van der Waals surface area contributed by atoms with Gasteiger partial charge in [0.1, 0.15) is 0 Å². The highest BCUT2D eigenvalue weighted by atomic mass is 32.1. The molecule has 0 saturated carbocycles. The number of hydrogen-bond acceptors (Lipinski definition) is 3. The Hall–Kier alpha value is -8.90. The largest absolute Gasteiger partial charge is 0.311 e. The van der Waals surface area contributed by atoms with Crippen molar-refractivity contribution in [2.75, 3.05) is 9.80 Å². The van der Waals surface area contributed by atoms with Crippen molar-refractivity contribution in [2.45, 2.75) is 52.4 Å². The minimum atomic E-state index is -0.206. The number of aromatic nitrogens is 1. The fourth-order valence-electron chi connectivity index (χ4n) is 13.1. The van der Waals surface area contributed by atoms with E-state index in [1.807, 2.05) is 11.3 Å². The van der Waals surface area contributed by atoms with Gasteiger partial charge in [-0.25, -0.2) is 0 Å². The zero-order chi connectivity index (χ0) is 52.9. The van der Waals surface area contributed by atoms with E-state index in [1.165, 1.54) is 137 Å². The Bertz CT molecular complexity index is 4420. The summed E-state index contributed by atoms with van der Waals surface area (Å²) in [6, 6.07) is 91.7. The summed E-state index contributed by atoms with van der Waals surface area (Å²) in [5.41, 5.74) is 24.4. The number of hydrogen-bond donors (Lipinski definition) is 0. The first-order valence-electron chi connectivity index (χ1n) is 28.1. The van der Waals surface area contributed by atoms with Crippen molar-refractivity contribution >= 4 is 111 Å². The molecule has 0 aliphatic carbocycles. The minimum absolute atomic E-state index is 0.108. The van der Waals surface area contributed by atoms with E-state index in [-0.39, 0.29) is 12.1 Å². The van der Waals surface area contributed by atoms with Crippen LogP contribution in [0.15, 0.2) is 243 Å². The number of para-hydroxylation sites is 3. The number of anilines is 6. The number of thiophene rings is 1. The van der Waals surface area contributed by atoms with Crippen LogP contribution in [-0.2, 0) is 11.8 Å². The standard InChI is InChI=1S/C74H58BN3S/c1-5-6-23-52-42-60-59-32-18-21-37-70(59)79-71(60)47-66(52)77-67-46-54(76-63-35-19-16-30-57(63)58-31-17-20-36-64(58)76)39-40-61(67)75-62-43-51(48-24-10-7-11-25-48)38-41-65(62)78(69-45-53(74(2,3)4)44-68(77)72(69)75)73-55(49-26-12-8-13-27-49)33-22-34-56(73)50-28-14-9-15-29-50/h7-22,24-47H,5-6,23H2,1-4H3. The maximum absolute atomic E-state index is 2.72. The Morgan fingerprint density at radius 2 is 1.01 bits per heavy atom. The second-order valence-electron chi connectivity index (χ2n) is 22.6. The van der Waals surface area contributed by atoms with Crippen LogP contribution in [0, 0.1) is 0 Å². The first kappa shape index (κ1) is 47.3. The number of nitrogens with zero attached hydrogens (tertiary/aromatic N) is 3. The molecule has 5 heteroatoms. The fourth-order valence-corrected chi connectivity index (χ4v) is 14.3. The molecule has 2 aliphatic rings. The van der Waals surface area contributed by atoms with Gasteiger partial charge in [-0.3, -0.25) is 0 Å². The summed E-state index contributed by atoms with van der Waals surface area (Å²) in [5, 5.41) is 5.19. The fraction of sp³-hybridized carbons (Fsp3) is 0.108. The molecule has 15 rings (SSSR count). The summed E-state index contributed by atoms with van der Waals surface area (Å²) in [5.74, 6) is 0. The average molecular weight is 1030 g/mol. The van der Waals surface area contributed by atoms with Crippen LogP contribution in [0.1, 0.15) is 51.7 Å². The molecule has 2 aromatic heterocycles. The predicted octanol–water partition coefficient (Wildman–Crippen LogP) is 18.9. The Morgan fingerprint density at radius 3 is 1.66 bits per heavy atom. The van der Waals surface area contributed by atoms with E-state index in [1.54, 1.807) is 0 Å². The molecule has 0 fully saturated rings. The summed E-state index contributed by atoms with van der Waals surface area (Å²) in [6.07, 6.45) is 3.16.